The fourth-order valence-corrected chi connectivity index (χ4v) is 4.24. The summed E-state index contributed by atoms with van der Waals surface area (Å²) in [5.41, 5.74) is 1.44. The Kier molecular flexibility index (Phi) is 6.45. The van der Waals surface area contributed by atoms with E-state index in [-0.39, 0.29) is 0 Å². The lowest BCUT2D eigenvalue weighted by molar-refractivity contribution is 0.460. The van der Waals surface area contributed by atoms with Crippen LogP contribution in [-0.4, -0.2) is 42.5 Å². The quantitative estimate of drug-likeness (QED) is 0.637. The molecular formula is C20H28N4S. The molecule has 2 aromatic rings. The van der Waals surface area contributed by atoms with Gasteiger partial charge in [0.1, 0.15) is 0 Å². The molecule has 1 saturated heterocycles. The van der Waals surface area contributed by atoms with Crippen molar-refractivity contribution in [2.24, 2.45) is 10.9 Å². The lowest BCUT2D eigenvalue weighted by Crippen LogP contribution is -2.41. The number of aromatic nitrogens is 1. The van der Waals surface area contributed by atoms with Crippen molar-refractivity contribution >= 4 is 17.3 Å². The third-order valence-electron chi connectivity index (χ3n) is 4.74. The fraction of sp³-hybridized carbons (Fsp3) is 0.500. The number of nitrogens with one attached hydrogen (secondary N) is 1. The summed E-state index contributed by atoms with van der Waals surface area (Å²) in [6.45, 7) is 5.25. The van der Waals surface area contributed by atoms with Gasteiger partial charge in [-0.15, -0.1) is 11.3 Å². The van der Waals surface area contributed by atoms with Crippen LogP contribution in [0.4, 0.5) is 0 Å². The van der Waals surface area contributed by atoms with Crippen molar-refractivity contribution in [1.29, 1.82) is 0 Å². The van der Waals surface area contributed by atoms with Gasteiger partial charge in [0, 0.05) is 44.2 Å². The molecule has 0 aliphatic carbocycles. The minimum absolute atomic E-state index is 0.715. The number of guanidine groups is 1. The van der Waals surface area contributed by atoms with Gasteiger partial charge in [0.25, 0.3) is 0 Å². The first-order chi connectivity index (χ1) is 12.3. The topological polar surface area (TPSA) is 40.5 Å². The van der Waals surface area contributed by atoms with E-state index in [2.05, 4.69) is 57.4 Å². The number of thiazole rings is 1. The first kappa shape index (κ1) is 17.9. The largest absolute Gasteiger partial charge is 0.356 e. The van der Waals surface area contributed by atoms with E-state index >= 15 is 0 Å². The van der Waals surface area contributed by atoms with Gasteiger partial charge in [0.2, 0.25) is 0 Å². The van der Waals surface area contributed by atoms with E-state index in [9.17, 15) is 0 Å². The molecule has 134 valence electrons. The molecule has 2 heterocycles. The van der Waals surface area contributed by atoms with Gasteiger partial charge in [-0.3, -0.25) is 4.99 Å². The van der Waals surface area contributed by atoms with E-state index in [4.69, 9.17) is 0 Å². The van der Waals surface area contributed by atoms with Crippen LogP contribution in [0.25, 0.3) is 0 Å². The van der Waals surface area contributed by atoms with Crippen molar-refractivity contribution in [2.45, 2.75) is 32.6 Å². The van der Waals surface area contributed by atoms with Crippen molar-refractivity contribution in [2.75, 3.05) is 26.7 Å². The molecule has 1 aliphatic rings. The predicted molar refractivity (Wildman–Crippen MR) is 106 cm³/mol. The third kappa shape index (κ3) is 5.05. The zero-order valence-corrected chi connectivity index (χ0v) is 16.1. The number of aryl methyl sites for hydroxylation is 1. The highest BCUT2D eigenvalue weighted by molar-refractivity contribution is 7.11. The molecule has 1 N–H and O–H groups in total. The molecule has 0 amide bonds. The molecule has 1 atom stereocenters. The maximum atomic E-state index is 4.49. The molecule has 1 aliphatic heterocycles. The first-order valence-corrected chi connectivity index (χ1v) is 10.0. The molecule has 1 fully saturated rings. The first-order valence-electron chi connectivity index (χ1n) is 9.21. The number of hydrogen-bond donors (Lipinski definition) is 1. The maximum Gasteiger partial charge on any atom is 0.193 e. The lowest BCUT2D eigenvalue weighted by Gasteiger charge is -2.21. The Morgan fingerprint density at radius 2 is 2.20 bits per heavy atom. The highest BCUT2D eigenvalue weighted by atomic mass is 32.1. The molecule has 1 aromatic carbocycles. The van der Waals surface area contributed by atoms with Crippen molar-refractivity contribution in [3.63, 3.8) is 0 Å². The van der Waals surface area contributed by atoms with E-state index < -0.39 is 0 Å². The van der Waals surface area contributed by atoms with Gasteiger partial charge in [0.05, 0.1) is 5.01 Å². The van der Waals surface area contributed by atoms with E-state index in [1.54, 1.807) is 0 Å². The summed E-state index contributed by atoms with van der Waals surface area (Å²) in [5, 5.41) is 4.73. The minimum Gasteiger partial charge on any atom is -0.356 e. The number of nitrogens with zero attached hydrogens (tertiary/aromatic N) is 3. The van der Waals surface area contributed by atoms with E-state index in [1.807, 2.05) is 24.6 Å². The molecule has 0 spiro atoms. The van der Waals surface area contributed by atoms with E-state index in [0.29, 0.717) is 5.92 Å². The summed E-state index contributed by atoms with van der Waals surface area (Å²) in [7, 11) is 1.88. The Labute approximate surface area is 155 Å². The number of benzene rings is 1. The van der Waals surface area contributed by atoms with Crippen LogP contribution in [-0.2, 0) is 19.3 Å². The predicted octanol–water partition coefficient (Wildman–Crippen LogP) is 3.39. The van der Waals surface area contributed by atoms with Crippen molar-refractivity contribution in [3.8, 4) is 0 Å². The molecule has 1 unspecified atom stereocenters. The Hall–Kier alpha value is -1.88. The van der Waals surface area contributed by atoms with Crippen molar-refractivity contribution in [3.05, 3.63) is 52.0 Å². The summed E-state index contributed by atoms with van der Waals surface area (Å²) in [5.74, 6) is 1.75. The molecule has 0 radical (unpaired) electrons. The molecule has 25 heavy (non-hydrogen) atoms. The van der Waals surface area contributed by atoms with Gasteiger partial charge >= 0.3 is 0 Å². The zero-order valence-electron chi connectivity index (χ0n) is 15.2. The van der Waals surface area contributed by atoms with Crippen LogP contribution in [0, 0.1) is 5.92 Å². The van der Waals surface area contributed by atoms with Gasteiger partial charge < -0.3 is 10.2 Å². The number of rotatable bonds is 6. The van der Waals surface area contributed by atoms with Gasteiger partial charge in [0.15, 0.2) is 5.96 Å². The fourth-order valence-electron chi connectivity index (χ4n) is 3.38. The second-order valence-electron chi connectivity index (χ2n) is 6.59. The molecule has 1 aromatic heterocycles. The van der Waals surface area contributed by atoms with Crippen LogP contribution in [0.3, 0.4) is 0 Å². The highest BCUT2D eigenvalue weighted by Gasteiger charge is 2.24. The van der Waals surface area contributed by atoms with Crippen LogP contribution in [0.1, 0.15) is 28.8 Å². The normalized spacial score (nSPS) is 17.9. The van der Waals surface area contributed by atoms with Gasteiger partial charge in [-0.25, -0.2) is 4.98 Å². The maximum absolute atomic E-state index is 4.49. The summed E-state index contributed by atoms with van der Waals surface area (Å²) >= 11 is 1.82. The smallest absolute Gasteiger partial charge is 0.193 e. The average Bonchev–Trinajstić information content (AvgIpc) is 3.29. The minimum atomic E-state index is 0.715. The van der Waals surface area contributed by atoms with Gasteiger partial charge in [-0.2, -0.15) is 0 Å². The summed E-state index contributed by atoms with van der Waals surface area (Å²) in [6, 6.07) is 10.8. The van der Waals surface area contributed by atoms with E-state index in [1.165, 1.54) is 21.9 Å². The summed E-state index contributed by atoms with van der Waals surface area (Å²) in [4.78, 5) is 12.7. The van der Waals surface area contributed by atoms with Crippen LogP contribution in [0.5, 0.6) is 0 Å². The van der Waals surface area contributed by atoms with Crippen LogP contribution >= 0.6 is 11.3 Å². The van der Waals surface area contributed by atoms with Crippen LogP contribution in [0.15, 0.2) is 41.5 Å². The zero-order chi connectivity index (χ0) is 17.5. The Morgan fingerprint density at radius 1 is 1.36 bits per heavy atom. The summed E-state index contributed by atoms with van der Waals surface area (Å²) < 4.78 is 0. The SMILES string of the molecule is CCc1cnc(CCNC(=NC)N2CCC(Cc3ccccc3)C2)s1. The number of likely N-dealkylation sites (tertiary alicyclic amines) is 1. The molecule has 5 heteroatoms. The molecule has 0 saturated carbocycles. The second kappa shape index (κ2) is 8.99. The Bertz CT molecular complexity index is 680. The highest BCUT2D eigenvalue weighted by Crippen LogP contribution is 2.21. The molecule has 0 bridgehead atoms. The molecular weight excluding hydrogens is 328 g/mol. The van der Waals surface area contributed by atoms with Crippen LogP contribution < -0.4 is 5.32 Å². The monoisotopic (exact) mass is 356 g/mol. The average molecular weight is 357 g/mol. The van der Waals surface area contributed by atoms with Gasteiger partial charge in [-0.05, 0) is 30.7 Å². The number of hydrogen-bond acceptors (Lipinski definition) is 3. The second-order valence-corrected chi connectivity index (χ2v) is 7.79. The third-order valence-corrected chi connectivity index (χ3v) is 5.94. The number of aliphatic imine (C=N–C) groups is 1. The molecule has 3 rings (SSSR count). The van der Waals surface area contributed by atoms with Crippen molar-refractivity contribution in [1.82, 2.24) is 15.2 Å². The van der Waals surface area contributed by atoms with E-state index in [0.717, 1.165) is 44.9 Å². The standard InChI is InChI=1S/C20H28N4S/c1-3-18-14-23-19(25-18)9-11-22-20(21-2)24-12-10-17(15-24)13-16-7-5-4-6-8-16/h4-8,14,17H,3,9-13,15H2,1-2H3,(H,21,22). The van der Waals surface area contributed by atoms with Crippen LogP contribution in [0.2, 0.25) is 0 Å². The Balaban J connectivity index is 1.45. The lowest BCUT2D eigenvalue weighted by atomic mass is 9.99. The summed E-state index contributed by atoms with van der Waals surface area (Å²) in [6.07, 6.45) is 6.44. The molecule has 4 nitrogen and oxygen atoms in total. The van der Waals surface area contributed by atoms with Crippen molar-refractivity contribution < 1.29 is 0 Å². The Morgan fingerprint density at radius 3 is 2.92 bits per heavy atom. The van der Waals surface area contributed by atoms with Gasteiger partial charge in [-0.1, -0.05) is 37.3 Å².